The van der Waals surface area contributed by atoms with Crippen molar-refractivity contribution in [3.8, 4) is 5.75 Å². The first-order valence-corrected chi connectivity index (χ1v) is 7.74. The molecule has 2 nitrogen and oxygen atoms in total. The zero-order chi connectivity index (χ0) is 14.2. The van der Waals surface area contributed by atoms with Crippen LogP contribution in [-0.2, 0) is 6.42 Å². The molecule has 0 amide bonds. The van der Waals surface area contributed by atoms with Gasteiger partial charge in [0.15, 0.2) is 5.78 Å². The molecule has 0 bridgehead atoms. The van der Waals surface area contributed by atoms with Gasteiger partial charge in [-0.05, 0) is 42.0 Å². The molecule has 2 rings (SSSR count). The van der Waals surface area contributed by atoms with Crippen LogP contribution >= 0.6 is 11.8 Å². The number of carbonyl (C=O) groups is 1. The summed E-state index contributed by atoms with van der Waals surface area (Å²) in [4.78, 5) is 12.0. The fourth-order valence-corrected chi connectivity index (χ4v) is 2.74. The molecule has 0 fully saturated rings. The zero-order valence-corrected chi connectivity index (χ0v) is 12.4. The molecular weight excluding hydrogens is 268 g/mol. The van der Waals surface area contributed by atoms with Gasteiger partial charge in [-0.2, -0.15) is 11.8 Å². The van der Waals surface area contributed by atoms with Crippen LogP contribution in [0.2, 0.25) is 0 Å². The number of hydrogen-bond acceptors (Lipinski definition) is 3. The number of benzene rings is 2. The Hall–Kier alpha value is -1.74. The van der Waals surface area contributed by atoms with E-state index < -0.39 is 0 Å². The minimum absolute atomic E-state index is 0.172. The lowest BCUT2D eigenvalue weighted by Gasteiger charge is -2.04. The summed E-state index contributed by atoms with van der Waals surface area (Å²) in [5.41, 5.74) is 2.06. The van der Waals surface area contributed by atoms with Gasteiger partial charge in [-0.15, -0.1) is 0 Å². The van der Waals surface area contributed by atoms with Crippen molar-refractivity contribution in [2.75, 3.05) is 18.6 Å². The van der Waals surface area contributed by atoms with Crippen LogP contribution in [0.5, 0.6) is 5.75 Å². The molecule has 0 heterocycles. The molecule has 0 spiro atoms. The van der Waals surface area contributed by atoms with Crippen molar-refractivity contribution in [3.05, 3.63) is 65.7 Å². The Labute approximate surface area is 124 Å². The molecule has 0 aliphatic carbocycles. The molecule has 104 valence electrons. The molecule has 0 N–H and O–H groups in total. The smallest absolute Gasteiger partial charge is 0.172 e. The van der Waals surface area contributed by atoms with Crippen molar-refractivity contribution in [1.29, 1.82) is 0 Å². The van der Waals surface area contributed by atoms with Crippen molar-refractivity contribution in [3.63, 3.8) is 0 Å². The maximum absolute atomic E-state index is 12.0. The summed E-state index contributed by atoms with van der Waals surface area (Å²) in [6.07, 6.45) is 1.00. The SMILES string of the molecule is COc1ccc(C(=O)CSCCc2ccccc2)cc1. The lowest BCUT2D eigenvalue weighted by molar-refractivity contribution is 0.102. The Balaban J connectivity index is 1.74. The summed E-state index contributed by atoms with van der Waals surface area (Å²) in [7, 11) is 1.62. The molecular formula is C17H18O2S. The molecule has 20 heavy (non-hydrogen) atoms. The molecule has 2 aromatic carbocycles. The third-order valence-electron chi connectivity index (χ3n) is 3.02. The fraction of sp³-hybridized carbons (Fsp3) is 0.235. The van der Waals surface area contributed by atoms with Crippen molar-refractivity contribution >= 4 is 17.5 Å². The van der Waals surface area contributed by atoms with E-state index in [1.165, 1.54) is 5.56 Å². The predicted octanol–water partition coefficient (Wildman–Crippen LogP) is 3.85. The number of Topliss-reactive ketones (excluding diaryl/α,β-unsaturated/α-hetero) is 1. The maximum atomic E-state index is 12.0. The van der Waals surface area contributed by atoms with Gasteiger partial charge in [0.2, 0.25) is 0 Å². The number of ether oxygens (including phenoxy) is 1. The van der Waals surface area contributed by atoms with Crippen LogP contribution in [0.25, 0.3) is 0 Å². The molecule has 0 aliphatic rings. The summed E-state index contributed by atoms with van der Waals surface area (Å²) in [5.74, 6) is 2.44. The van der Waals surface area contributed by atoms with Crippen molar-refractivity contribution in [2.24, 2.45) is 0 Å². The Morgan fingerprint density at radius 2 is 1.75 bits per heavy atom. The van der Waals surface area contributed by atoms with E-state index >= 15 is 0 Å². The number of ketones is 1. The van der Waals surface area contributed by atoms with Crippen LogP contribution in [0.3, 0.4) is 0 Å². The highest BCUT2D eigenvalue weighted by Gasteiger charge is 2.06. The lowest BCUT2D eigenvalue weighted by Crippen LogP contribution is -2.03. The second-order valence-electron chi connectivity index (χ2n) is 4.44. The highest BCUT2D eigenvalue weighted by molar-refractivity contribution is 7.99. The largest absolute Gasteiger partial charge is 0.497 e. The van der Waals surface area contributed by atoms with E-state index in [2.05, 4.69) is 12.1 Å². The van der Waals surface area contributed by atoms with E-state index in [0.717, 1.165) is 23.5 Å². The van der Waals surface area contributed by atoms with Gasteiger partial charge in [-0.1, -0.05) is 30.3 Å². The highest BCUT2D eigenvalue weighted by Crippen LogP contribution is 2.14. The van der Waals surface area contributed by atoms with Gasteiger partial charge in [-0.3, -0.25) is 4.79 Å². The third kappa shape index (κ3) is 4.42. The minimum Gasteiger partial charge on any atom is -0.497 e. The molecule has 0 aromatic heterocycles. The average Bonchev–Trinajstić information content (AvgIpc) is 2.52. The van der Waals surface area contributed by atoms with Gasteiger partial charge in [0, 0.05) is 5.56 Å². The van der Waals surface area contributed by atoms with E-state index in [1.807, 2.05) is 42.5 Å². The van der Waals surface area contributed by atoms with Crippen LogP contribution in [0.15, 0.2) is 54.6 Å². The molecule has 0 aliphatic heterocycles. The molecule has 0 atom stereocenters. The van der Waals surface area contributed by atoms with Gasteiger partial charge >= 0.3 is 0 Å². The van der Waals surface area contributed by atoms with Crippen molar-refractivity contribution < 1.29 is 9.53 Å². The molecule has 0 saturated heterocycles. The van der Waals surface area contributed by atoms with E-state index in [4.69, 9.17) is 4.74 Å². The first-order valence-electron chi connectivity index (χ1n) is 6.58. The second kappa shape index (κ2) is 7.75. The van der Waals surface area contributed by atoms with Crippen molar-refractivity contribution in [1.82, 2.24) is 0 Å². The lowest BCUT2D eigenvalue weighted by atomic mass is 10.1. The van der Waals surface area contributed by atoms with Crippen molar-refractivity contribution in [2.45, 2.75) is 6.42 Å². The summed E-state index contributed by atoms with van der Waals surface area (Å²) in [6.45, 7) is 0. The maximum Gasteiger partial charge on any atom is 0.172 e. The average molecular weight is 286 g/mol. The van der Waals surface area contributed by atoms with Gasteiger partial charge < -0.3 is 4.74 Å². The van der Waals surface area contributed by atoms with Crippen LogP contribution in [-0.4, -0.2) is 24.4 Å². The Bertz CT molecular complexity index is 535. The molecule has 0 radical (unpaired) electrons. The van der Waals surface area contributed by atoms with E-state index in [-0.39, 0.29) is 5.78 Å². The summed E-state index contributed by atoms with van der Waals surface area (Å²) >= 11 is 1.68. The van der Waals surface area contributed by atoms with Crippen LogP contribution < -0.4 is 4.74 Å². The number of carbonyl (C=O) groups excluding carboxylic acids is 1. The first kappa shape index (κ1) is 14.7. The minimum atomic E-state index is 0.172. The first-order chi connectivity index (χ1) is 9.79. The summed E-state index contributed by atoms with van der Waals surface area (Å²) < 4.78 is 5.08. The second-order valence-corrected chi connectivity index (χ2v) is 5.55. The monoisotopic (exact) mass is 286 g/mol. The van der Waals surface area contributed by atoms with Crippen LogP contribution in [0.1, 0.15) is 15.9 Å². The van der Waals surface area contributed by atoms with E-state index in [1.54, 1.807) is 18.9 Å². The van der Waals surface area contributed by atoms with Crippen LogP contribution in [0, 0.1) is 0 Å². The Morgan fingerprint density at radius 1 is 1.05 bits per heavy atom. The Kier molecular flexibility index (Phi) is 5.69. The molecule has 0 saturated carbocycles. The summed E-state index contributed by atoms with van der Waals surface area (Å²) in [6, 6.07) is 17.6. The van der Waals surface area contributed by atoms with E-state index in [0.29, 0.717) is 5.75 Å². The van der Waals surface area contributed by atoms with Gasteiger partial charge in [0.1, 0.15) is 5.75 Å². The molecule has 3 heteroatoms. The van der Waals surface area contributed by atoms with Gasteiger partial charge in [0.25, 0.3) is 0 Å². The predicted molar refractivity (Wildman–Crippen MR) is 84.8 cm³/mol. The fourth-order valence-electron chi connectivity index (χ4n) is 1.86. The third-order valence-corrected chi connectivity index (χ3v) is 3.98. The quantitative estimate of drug-likeness (QED) is 0.571. The Morgan fingerprint density at radius 3 is 2.40 bits per heavy atom. The number of hydrogen-bond donors (Lipinski definition) is 0. The normalized spacial score (nSPS) is 10.2. The zero-order valence-electron chi connectivity index (χ0n) is 11.5. The number of methoxy groups -OCH3 is 1. The highest BCUT2D eigenvalue weighted by atomic mass is 32.2. The molecule has 2 aromatic rings. The molecule has 0 unspecified atom stereocenters. The van der Waals surface area contributed by atoms with E-state index in [9.17, 15) is 4.79 Å². The standard InChI is InChI=1S/C17H18O2S/c1-19-16-9-7-15(8-10-16)17(18)13-20-12-11-14-5-3-2-4-6-14/h2-10H,11-13H2,1H3. The van der Waals surface area contributed by atoms with Gasteiger partial charge in [-0.25, -0.2) is 0 Å². The number of rotatable bonds is 7. The number of thioether (sulfide) groups is 1. The van der Waals surface area contributed by atoms with Gasteiger partial charge in [0.05, 0.1) is 12.9 Å². The topological polar surface area (TPSA) is 26.3 Å². The summed E-state index contributed by atoms with van der Waals surface area (Å²) in [5, 5.41) is 0. The number of aryl methyl sites for hydroxylation is 1. The van der Waals surface area contributed by atoms with Crippen LogP contribution in [0.4, 0.5) is 0 Å².